The van der Waals surface area contributed by atoms with Crippen LogP contribution in [0.2, 0.25) is 0 Å². The second-order valence-electron chi connectivity index (χ2n) is 2.44. The van der Waals surface area contributed by atoms with Crippen LogP contribution in [-0.4, -0.2) is 12.1 Å². The van der Waals surface area contributed by atoms with E-state index in [1.54, 1.807) is 12.3 Å². The Bertz CT molecular complexity index is 173. The highest BCUT2D eigenvalue weighted by atomic mass is 16.2. The van der Waals surface area contributed by atoms with Crippen LogP contribution in [-0.2, 0) is 4.79 Å². The topological polar surface area (TPSA) is 41.5 Å². The van der Waals surface area contributed by atoms with Gasteiger partial charge < -0.3 is 0 Å². The molecule has 0 saturated heterocycles. The van der Waals surface area contributed by atoms with Gasteiger partial charge in [-0.2, -0.15) is 5.10 Å². The second-order valence-corrected chi connectivity index (χ2v) is 2.44. The van der Waals surface area contributed by atoms with Crippen LogP contribution in [0.1, 0.15) is 33.1 Å². The summed E-state index contributed by atoms with van der Waals surface area (Å²) in [6.07, 6.45) is 7.69. The van der Waals surface area contributed by atoms with E-state index >= 15 is 0 Å². The Kier molecular flexibility index (Phi) is 7.24. The molecule has 0 unspecified atom stereocenters. The Balaban J connectivity index is 3.43. The van der Waals surface area contributed by atoms with Gasteiger partial charge in [0.15, 0.2) is 0 Å². The number of hydrogen-bond acceptors (Lipinski definition) is 2. The van der Waals surface area contributed by atoms with Gasteiger partial charge in [0.1, 0.15) is 0 Å². The summed E-state index contributed by atoms with van der Waals surface area (Å²) < 4.78 is 0. The number of amides is 1. The van der Waals surface area contributed by atoms with Crippen molar-refractivity contribution in [2.45, 2.75) is 33.1 Å². The van der Waals surface area contributed by atoms with Crippen LogP contribution in [0.3, 0.4) is 0 Å². The molecular formula is C9H16N2O. The van der Waals surface area contributed by atoms with E-state index in [4.69, 9.17) is 0 Å². The largest absolute Gasteiger partial charge is 0.273 e. The summed E-state index contributed by atoms with van der Waals surface area (Å²) >= 11 is 0. The van der Waals surface area contributed by atoms with Crippen molar-refractivity contribution >= 4 is 12.1 Å². The van der Waals surface area contributed by atoms with Crippen LogP contribution < -0.4 is 5.43 Å². The molecule has 1 amide bonds. The minimum Gasteiger partial charge on any atom is -0.273 e. The smallest absolute Gasteiger partial charge is 0.240 e. The molecule has 0 aromatic carbocycles. The lowest BCUT2D eigenvalue weighted by Gasteiger charge is -1.95. The van der Waals surface area contributed by atoms with Gasteiger partial charge in [0.2, 0.25) is 5.91 Å². The minimum atomic E-state index is -0.0161. The van der Waals surface area contributed by atoms with Gasteiger partial charge in [-0.3, -0.25) is 4.79 Å². The van der Waals surface area contributed by atoms with Gasteiger partial charge in [0.05, 0.1) is 0 Å². The van der Waals surface area contributed by atoms with E-state index < -0.39 is 0 Å². The third kappa shape index (κ3) is 6.99. The fourth-order valence-corrected chi connectivity index (χ4v) is 0.632. The highest BCUT2D eigenvalue weighted by Gasteiger charge is 1.95. The predicted molar refractivity (Wildman–Crippen MR) is 51.0 cm³/mol. The highest BCUT2D eigenvalue weighted by Crippen LogP contribution is 1.92. The van der Waals surface area contributed by atoms with Crippen molar-refractivity contribution in [3.05, 3.63) is 12.2 Å². The summed E-state index contributed by atoms with van der Waals surface area (Å²) in [5.41, 5.74) is 2.43. The standard InChI is InChI=1S/C9H16N2O/c1-3-5-7-9(12)11-10-8-6-4-2/h4,6,8H,3,5,7H2,1-2H3,(H,11,12). The van der Waals surface area contributed by atoms with E-state index in [0.29, 0.717) is 6.42 Å². The average Bonchev–Trinajstić information content (AvgIpc) is 2.09. The van der Waals surface area contributed by atoms with E-state index in [-0.39, 0.29) is 5.91 Å². The summed E-state index contributed by atoms with van der Waals surface area (Å²) in [4.78, 5) is 10.9. The molecule has 0 radical (unpaired) electrons. The summed E-state index contributed by atoms with van der Waals surface area (Å²) in [5.74, 6) is -0.0161. The van der Waals surface area contributed by atoms with Crippen LogP contribution in [0.5, 0.6) is 0 Å². The van der Waals surface area contributed by atoms with Crippen LogP contribution >= 0.6 is 0 Å². The molecule has 0 heterocycles. The molecule has 0 aliphatic carbocycles. The quantitative estimate of drug-likeness (QED) is 0.494. The van der Waals surface area contributed by atoms with E-state index in [1.165, 1.54) is 0 Å². The van der Waals surface area contributed by atoms with Crippen molar-refractivity contribution in [1.29, 1.82) is 0 Å². The van der Waals surface area contributed by atoms with Gasteiger partial charge in [0, 0.05) is 12.6 Å². The normalized spacial score (nSPS) is 11.2. The van der Waals surface area contributed by atoms with Crippen LogP contribution in [0.25, 0.3) is 0 Å². The Morgan fingerprint density at radius 2 is 2.33 bits per heavy atom. The molecule has 0 atom stereocenters. The van der Waals surface area contributed by atoms with Crippen molar-refractivity contribution in [2.75, 3.05) is 0 Å². The summed E-state index contributed by atoms with van der Waals surface area (Å²) in [5, 5.41) is 3.70. The van der Waals surface area contributed by atoms with Gasteiger partial charge >= 0.3 is 0 Å². The van der Waals surface area contributed by atoms with Crippen molar-refractivity contribution in [2.24, 2.45) is 5.10 Å². The first-order chi connectivity index (χ1) is 5.81. The number of carbonyl (C=O) groups excluding carboxylic acids is 1. The molecule has 0 bridgehead atoms. The minimum absolute atomic E-state index is 0.0161. The van der Waals surface area contributed by atoms with E-state index in [1.807, 2.05) is 13.0 Å². The molecule has 3 heteroatoms. The number of nitrogens with zero attached hydrogens (tertiary/aromatic N) is 1. The first-order valence-electron chi connectivity index (χ1n) is 4.24. The predicted octanol–water partition coefficient (Wildman–Crippen LogP) is 1.85. The molecular weight excluding hydrogens is 152 g/mol. The molecule has 0 saturated carbocycles. The van der Waals surface area contributed by atoms with Crippen LogP contribution in [0.4, 0.5) is 0 Å². The van der Waals surface area contributed by atoms with Gasteiger partial charge in [-0.05, 0) is 19.4 Å². The SMILES string of the molecule is CC=CC=NNC(=O)CCCC. The van der Waals surface area contributed by atoms with Crippen molar-refractivity contribution in [3.8, 4) is 0 Å². The number of unbranched alkanes of at least 4 members (excludes halogenated alkanes) is 1. The molecule has 68 valence electrons. The maximum Gasteiger partial charge on any atom is 0.240 e. The van der Waals surface area contributed by atoms with Crippen molar-refractivity contribution < 1.29 is 4.79 Å². The molecule has 0 spiro atoms. The molecule has 12 heavy (non-hydrogen) atoms. The van der Waals surface area contributed by atoms with E-state index in [9.17, 15) is 4.79 Å². The number of hydrazone groups is 1. The first kappa shape index (κ1) is 10.9. The fourth-order valence-electron chi connectivity index (χ4n) is 0.632. The lowest BCUT2D eigenvalue weighted by atomic mass is 10.2. The van der Waals surface area contributed by atoms with Crippen molar-refractivity contribution in [1.82, 2.24) is 5.43 Å². The summed E-state index contributed by atoms with van der Waals surface area (Å²) in [6.45, 7) is 3.95. The molecule has 1 N–H and O–H groups in total. The highest BCUT2D eigenvalue weighted by molar-refractivity contribution is 5.78. The maximum atomic E-state index is 10.9. The van der Waals surface area contributed by atoms with Gasteiger partial charge in [0.25, 0.3) is 0 Å². The number of hydrogen-bond donors (Lipinski definition) is 1. The average molecular weight is 168 g/mol. The van der Waals surface area contributed by atoms with Crippen LogP contribution in [0.15, 0.2) is 17.3 Å². The number of allylic oxidation sites excluding steroid dienone is 2. The van der Waals surface area contributed by atoms with Gasteiger partial charge in [-0.25, -0.2) is 5.43 Å². The van der Waals surface area contributed by atoms with Crippen molar-refractivity contribution in [3.63, 3.8) is 0 Å². The Morgan fingerprint density at radius 3 is 2.92 bits per heavy atom. The fraction of sp³-hybridized carbons (Fsp3) is 0.556. The zero-order chi connectivity index (χ0) is 9.23. The van der Waals surface area contributed by atoms with Gasteiger partial charge in [-0.15, -0.1) is 0 Å². The zero-order valence-electron chi connectivity index (χ0n) is 7.71. The number of nitrogens with one attached hydrogen (secondary N) is 1. The lowest BCUT2D eigenvalue weighted by Crippen LogP contribution is -2.16. The first-order valence-corrected chi connectivity index (χ1v) is 4.24. The van der Waals surface area contributed by atoms with E-state index in [0.717, 1.165) is 12.8 Å². The lowest BCUT2D eigenvalue weighted by molar-refractivity contribution is -0.121. The van der Waals surface area contributed by atoms with Crippen LogP contribution in [0, 0.1) is 0 Å². The zero-order valence-corrected chi connectivity index (χ0v) is 7.71. The Hall–Kier alpha value is -1.12. The second kappa shape index (κ2) is 7.98. The molecule has 0 aliphatic heterocycles. The molecule has 0 fully saturated rings. The van der Waals surface area contributed by atoms with E-state index in [2.05, 4.69) is 17.5 Å². The Labute approximate surface area is 73.5 Å². The molecule has 0 rings (SSSR count). The number of rotatable bonds is 5. The summed E-state index contributed by atoms with van der Waals surface area (Å²) in [6, 6.07) is 0. The Morgan fingerprint density at radius 1 is 1.58 bits per heavy atom. The van der Waals surface area contributed by atoms with Gasteiger partial charge in [-0.1, -0.05) is 19.4 Å². The third-order valence-corrected chi connectivity index (χ3v) is 1.30. The third-order valence-electron chi connectivity index (χ3n) is 1.30. The summed E-state index contributed by atoms with van der Waals surface area (Å²) in [7, 11) is 0. The molecule has 0 aliphatic rings. The molecule has 0 aromatic heterocycles. The maximum absolute atomic E-state index is 10.9. The molecule has 3 nitrogen and oxygen atoms in total. The number of carbonyl (C=O) groups is 1. The monoisotopic (exact) mass is 168 g/mol. The molecule has 0 aromatic rings.